The molecule has 0 aliphatic carbocycles. The van der Waals surface area contributed by atoms with E-state index in [0.717, 1.165) is 103 Å². The standard InChI is InChI=1S/C79H138NO8P/c1-3-5-7-9-11-13-15-17-19-21-23-25-27-29-31-33-34-35-36-37-38-39-40-41-42-44-46-48-50-52-54-56-58-60-62-64-66-68-70-72-79(82)88-77(76-87-89(83,84)86-74-73-80)75-85-78(81)71-69-67-65-63-61-59-57-55-53-51-49-47-45-43-32-30-28-26-24-22-20-18-16-14-12-10-8-6-4-2/h5-8,11-14,17-20,23-26,29,31,34-35,77H,3-4,9-10,15-16,21-22,27-28,30,32-33,36-76,80H2,1-2H3,(H,83,84)/b7-5-,8-6-,13-11-,14-12-,19-17-,20-18-,25-23-,26-24-,31-29-,35-34-. The van der Waals surface area contributed by atoms with Crippen LogP contribution in [0.3, 0.4) is 0 Å². The quantitative estimate of drug-likeness (QED) is 0.0264. The number of carbonyl (C=O) groups is 2. The molecule has 0 heterocycles. The first-order chi connectivity index (χ1) is 43.8. The summed E-state index contributed by atoms with van der Waals surface area (Å²) in [7, 11) is -4.40. The summed E-state index contributed by atoms with van der Waals surface area (Å²) in [5.41, 5.74) is 5.41. The predicted molar refractivity (Wildman–Crippen MR) is 385 cm³/mol. The Morgan fingerprint density at radius 3 is 0.865 bits per heavy atom. The highest BCUT2D eigenvalue weighted by Crippen LogP contribution is 2.43. The van der Waals surface area contributed by atoms with Crippen molar-refractivity contribution in [3.8, 4) is 0 Å². The maximum Gasteiger partial charge on any atom is 0.472 e. The number of rotatable bonds is 69. The Morgan fingerprint density at radius 1 is 0.337 bits per heavy atom. The predicted octanol–water partition coefficient (Wildman–Crippen LogP) is 24.6. The topological polar surface area (TPSA) is 134 Å². The van der Waals surface area contributed by atoms with Crippen LogP contribution in [0.1, 0.15) is 335 Å². The van der Waals surface area contributed by atoms with Gasteiger partial charge in [0.05, 0.1) is 13.2 Å². The summed E-state index contributed by atoms with van der Waals surface area (Å²) >= 11 is 0. The highest BCUT2D eigenvalue weighted by molar-refractivity contribution is 7.47. The number of ether oxygens (including phenoxy) is 2. The van der Waals surface area contributed by atoms with Crippen molar-refractivity contribution >= 4 is 19.8 Å². The van der Waals surface area contributed by atoms with Crippen molar-refractivity contribution in [2.45, 2.75) is 341 Å². The Bertz CT molecular complexity index is 1880. The van der Waals surface area contributed by atoms with Crippen molar-refractivity contribution in [2.24, 2.45) is 5.73 Å². The summed E-state index contributed by atoms with van der Waals surface area (Å²) in [4.78, 5) is 35.4. The molecule has 0 aliphatic rings. The molecule has 89 heavy (non-hydrogen) atoms. The molecule has 0 radical (unpaired) electrons. The van der Waals surface area contributed by atoms with Crippen molar-refractivity contribution < 1.29 is 37.6 Å². The molecule has 0 aliphatic heterocycles. The SMILES string of the molecule is CC/C=C\C/C=C\C/C=C\C/C=C\C/C=C\C/C=C\CCCCCCCCCCCCCCCCCCCCCCC(=O)OC(COC(=O)CCCCCCCCCCCCCCCCCC/C=C\C/C=C\C/C=C\C/C=C\CC)COP(=O)(O)OCCN. The van der Waals surface area contributed by atoms with E-state index in [0.29, 0.717) is 6.42 Å². The lowest BCUT2D eigenvalue weighted by Crippen LogP contribution is -2.29. The van der Waals surface area contributed by atoms with E-state index in [2.05, 4.69) is 135 Å². The first kappa shape index (κ1) is 85.4. The van der Waals surface area contributed by atoms with Crippen molar-refractivity contribution in [3.05, 3.63) is 122 Å². The molecule has 0 aromatic heterocycles. The van der Waals surface area contributed by atoms with E-state index in [9.17, 15) is 19.0 Å². The lowest BCUT2D eigenvalue weighted by Gasteiger charge is -2.19. The molecule has 10 heteroatoms. The number of hydrogen-bond acceptors (Lipinski definition) is 8. The van der Waals surface area contributed by atoms with Crippen LogP contribution in [0, 0.1) is 0 Å². The van der Waals surface area contributed by atoms with Gasteiger partial charge in [-0.2, -0.15) is 0 Å². The largest absolute Gasteiger partial charge is 0.472 e. The Kier molecular flexibility index (Phi) is 70.5. The van der Waals surface area contributed by atoms with Crippen molar-refractivity contribution in [1.29, 1.82) is 0 Å². The van der Waals surface area contributed by atoms with E-state index in [1.165, 1.54) is 199 Å². The number of allylic oxidation sites excluding steroid dienone is 20. The van der Waals surface area contributed by atoms with Crippen LogP contribution in [0.15, 0.2) is 122 Å². The number of hydrogen-bond donors (Lipinski definition) is 2. The molecule has 512 valence electrons. The molecule has 0 aromatic rings. The molecule has 0 saturated heterocycles. The van der Waals surface area contributed by atoms with Gasteiger partial charge in [0.2, 0.25) is 0 Å². The second-order valence-electron chi connectivity index (χ2n) is 24.4. The second-order valence-corrected chi connectivity index (χ2v) is 25.9. The number of esters is 2. The zero-order valence-electron chi connectivity index (χ0n) is 57.6. The molecule has 0 amide bonds. The molecular weight excluding hydrogens is 1120 g/mol. The second kappa shape index (κ2) is 73.5. The Hall–Kier alpha value is -3.59. The van der Waals surface area contributed by atoms with Gasteiger partial charge in [0.1, 0.15) is 6.61 Å². The van der Waals surface area contributed by atoms with Gasteiger partial charge in [-0.05, 0) is 103 Å². The Balaban J connectivity index is 3.83. The van der Waals surface area contributed by atoms with Gasteiger partial charge in [-0.25, -0.2) is 4.57 Å². The van der Waals surface area contributed by atoms with Gasteiger partial charge >= 0.3 is 19.8 Å². The van der Waals surface area contributed by atoms with Gasteiger partial charge in [0.25, 0.3) is 0 Å². The van der Waals surface area contributed by atoms with Crippen LogP contribution in [-0.4, -0.2) is 49.3 Å². The third kappa shape index (κ3) is 73.3. The van der Waals surface area contributed by atoms with Gasteiger partial charge in [-0.15, -0.1) is 0 Å². The molecule has 0 fully saturated rings. The van der Waals surface area contributed by atoms with Crippen molar-refractivity contribution in [1.82, 2.24) is 0 Å². The molecule has 9 nitrogen and oxygen atoms in total. The zero-order valence-corrected chi connectivity index (χ0v) is 58.5. The monoisotopic (exact) mass is 1260 g/mol. The van der Waals surface area contributed by atoms with Crippen LogP contribution < -0.4 is 5.73 Å². The van der Waals surface area contributed by atoms with E-state index in [4.69, 9.17) is 24.3 Å². The minimum absolute atomic E-state index is 0.0515. The number of nitrogens with two attached hydrogens (primary N) is 1. The summed E-state index contributed by atoms with van der Waals surface area (Å²) in [5, 5.41) is 0. The van der Waals surface area contributed by atoms with Crippen molar-refractivity contribution in [2.75, 3.05) is 26.4 Å². The first-order valence-corrected chi connectivity index (χ1v) is 38.5. The summed E-state index contributed by atoms with van der Waals surface area (Å²) in [5.74, 6) is -0.816. The normalized spacial score (nSPS) is 13.6. The number of phosphoric ester groups is 1. The molecule has 2 unspecified atom stereocenters. The minimum atomic E-state index is -4.40. The van der Waals surface area contributed by atoms with Gasteiger partial charge in [-0.3, -0.25) is 18.6 Å². The van der Waals surface area contributed by atoms with Crippen LogP contribution in [-0.2, 0) is 32.7 Å². The van der Waals surface area contributed by atoms with Crippen LogP contribution in [0.2, 0.25) is 0 Å². The highest BCUT2D eigenvalue weighted by atomic mass is 31.2. The molecular formula is C79H138NO8P. The van der Waals surface area contributed by atoms with E-state index < -0.39 is 26.5 Å². The third-order valence-electron chi connectivity index (χ3n) is 15.8. The van der Waals surface area contributed by atoms with Crippen LogP contribution in [0.4, 0.5) is 0 Å². The summed E-state index contributed by atoms with van der Waals surface area (Å²) < 4.78 is 33.2. The van der Waals surface area contributed by atoms with E-state index >= 15 is 0 Å². The van der Waals surface area contributed by atoms with Gasteiger partial charge in [0, 0.05) is 19.4 Å². The third-order valence-corrected chi connectivity index (χ3v) is 16.8. The molecule has 3 N–H and O–H groups in total. The highest BCUT2D eigenvalue weighted by Gasteiger charge is 2.26. The lowest BCUT2D eigenvalue weighted by molar-refractivity contribution is -0.161. The number of phosphoric acid groups is 1. The summed E-state index contributed by atoms with van der Waals surface area (Å²) in [6.07, 6.45) is 103. The zero-order chi connectivity index (χ0) is 64.4. The molecule has 2 atom stereocenters. The van der Waals surface area contributed by atoms with Crippen LogP contribution in [0.25, 0.3) is 0 Å². The van der Waals surface area contributed by atoms with Crippen molar-refractivity contribution in [3.63, 3.8) is 0 Å². The van der Waals surface area contributed by atoms with Crippen LogP contribution >= 0.6 is 7.82 Å². The fraction of sp³-hybridized carbons (Fsp3) is 0.722. The van der Waals surface area contributed by atoms with Gasteiger partial charge in [0.15, 0.2) is 6.10 Å². The molecule has 0 bridgehead atoms. The fourth-order valence-corrected chi connectivity index (χ4v) is 11.2. The van der Waals surface area contributed by atoms with E-state index in [1.807, 2.05) is 0 Å². The van der Waals surface area contributed by atoms with Gasteiger partial charge < -0.3 is 20.1 Å². The van der Waals surface area contributed by atoms with E-state index in [1.54, 1.807) is 0 Å². The van der Waals surface area contributed by atoms with E-state index in [-0.39, 0.29) is 38.6 Å². The first-order valence-electron chi connectivity index (χ1n) is 37.0. The molecule has 0 rings (SSSR count). The number of carbonyl (C=O) groups excluding carboxylic acids is 2. The lowest BCUT2D eigenvalue weighted by atomic mass is 10.0. The fourth-order valence-electron chi connectivity index (χ4n) is 10.5. The van der Waals surface area contributed by atoms with Gasteiger partial charge in [-0.1, -0.05) is 341 Å². The summed E-state index contributed by atoms with van der Waals surface area (Å²) in [6.45, 7) is 3.56. The van der Waals surface area contributed by atoms with Crippen LogP contribution in [0.5, 0.6) is 0 Å². The summed E-state index contributed by atoms with van der Waals surface area (Å²) in [6, 6.07) is 0. The molecule has 0 aromatic carbocycles. The minimum Gasteiger partial charge on any atom is -0.462 e. The Morgan fingerprint density at radius 2 is 0.584 bits per heavy atom. The molecule has 0 spiro atoms. The smallest absolute Gasteiger partial charge is 0.462 e. The number of unbranched alkanes of at least 4 members (excludes halogenated alkanes) is 36. The average molecular weight is 1260 g/mol. The molecule has 0 saturated carbocycles. The Labute approximate surface area is 549 Å². The average Bonchev–Trinajstić information content (AvgIpc) is 3.68. The maximum absolute atomic E-state index is 12.8. The maximum atomic E-state index is 12.8.